The fourth-order valence-corrected chi connectivity index (χ4v) is 3.59. The zero-order chi connectivity index (χ0) is 21.0. The molecule has 7 nitrogen and oxygen atoms in total. The van der Waals surface area contributed by atoms with Gasteiger partial charge in [0.25, 0.3) is 5.91 Å². The predicted molar refractivity (Wildman–Crippen MR) is 115 cm³/mol. The molecule has 0 radical (unpaired) electrons. The lowest BCUT2D eigenvalue weighted by Gasteiger charge is -2.18. The first kappa shape index (κ1) is 21.1. The maximum absolute atomic E-state index is 12.6. The Balaban J connectivity index is 1.88. The Labute approximate surface area is 175 Å². The van der Waals surface area contributed by atoms with E-state index in [0.717, 1.165) is 31.1 Å². The van der Waals surface area contributed by atoms with Crippen LogP contribution in [0.25, 0.3) is 16.7 Å². The highest BCUT2D eigenvalue weighted by Gasteiger charge is 2.20. The van der Waals surface area contributed by atoms with Gasteiger partial charge >= 0.3 is 0 Å². The highest BCUT2D eigenvalue weighted by atomic mass is 35.5. The quantitative estimate of drug-likeness (QED) is 0.610. The lowest BCUT2D eigenvalue weighted by molar-refractivity contribution is 0.0949. The van der Waals surface area contributed by atoms with Gasteiger partial charge in [0.1, 0.15) is 5.75 Å². The van der Waals surface area contributed by atoms with Crippen molar-refractivity contribution in [2.45, 2.75) is 20.8 Å². The molecular weight excluding hydrogens is 390 g/mol. The van der Waals surface area contributed by atoms with Crippen LogP contribution in [0.2, 0.25) is 5.02 Å². The number of nitrogens with one attached hydrogen (secondary N) is 1. The number of aromatic nitrogens is 3. The van der Waals surface area contributed by atoms with Crippen LogP contribution in [0.5, 0.6) is 5.75 Å². The molecule has 0 bridgehead atoms. The number of carbonyl (C=O) groups excluding carboxylic acids is 1. The smallest absolute Gasteiger partial charge is 0.254 e. The van der Waals surface area contributed by atoms with E-state index in [1.807, 2.05) is 31.2 Å². The van der Waals surface area contributed by atoms with E-state index >= 15 is 0 Å². The lowest BCUT2D eigenvalue weighted by atomic mass is 10.2. The molecule has 0 aliphatic rings. The number of hydrogen-bond acceptors (Lipinski definition) is 5. The number of benzene rings is 1. The molecule has 0 saturated carbocycles. The molecule has 0 unspecified atom stereocenters. The van der Waals surface area contributed by atoms with E-state index in [1.54, 1.807) is 11.8 Å². The Hall–Kier alpha value is -2.64. The van der Waals surface area contributed by atoms with E-state index in [-0.39, 0.29) is 5.91 Å². The summed E-state index contributed by atoms with van der Waals surface area (Å²) >= 11 is 6.60. The van der Waals surface area contributed by atoms with Crippen molar-refractivity contribution in [2.75, 3.05) is 33.3 Å². The van der Waals surface area contributed by atoms with Crippen LogP contribution in [0.1, 0.15) is 29.9 Å². The molecule has 154 valence electrons. The molecule has 0 aliphatic heterocycles. The molecule has 1 amide bonds. The van der Waals surface area contributed by atoms with Crippen molar-refractivity contribution in [1.82, 2.24) is 25.0 Å². The summed E-state index contributed by atoms with van der Waals surface area (Å²) in [7, 11) is 1.62. The van der Waals surface area contributed by atoms with Gasteiger partial charge in [-0.25, -0.2) is 9.67 Å². The van der Waals surface area contributed by atoms with Crippen LogP contribution in [0, 0.1) is 6.92 Å². The van der Waals surface area contributed by atoms with Crippen LogP contribution in [0.3, 0.4) is 0 Å². The second kappa shape index (κ2) is 9.24. The molecule has 0 saturated heterocycles. The fraction of sp³-hybridized carbons (Fsp3) is 0.381. The maximum Gasteiger partial charge on any atom is 0.254 e. The number of rotatable bonds is 8. The van der Waals surface area contributed by atoms with E-state index in [4.69, 9.17) is 16.3 Å². The number of carbonyl (C=O) groups is 1. The second-order valence-electron chi connectivity index (χ2n) is 6.66. The summed E-state index contributed by atoms with van der Waals surface area (Å²) in [5, 5.41) is 8.55. The van der Waals surface area contributed by atoms with E-state index in [1.165, 1.54) is 6.20 Å². The van der Waals surface area contributed by atoms with E-state index < -0.39 is 0 Å². The van der Waals surface area contributed by atoms with Gasteiger partial charge in [-0.05, 0) is 44.3 Å². The Morgan fingerprint density at radius 2 is 1.93 bits per heavy atom. The van der Waals surface area contributed by atoms with Crippen molar-refractivity contribution in [3.05, 3.63) is 46.7 Å². The number of amides is 1. The number of ether oxygens (including phenoxy) is 1. The summed E-state index contributed by atoms with van der Waals surface area (Å²) in [6.07, 6.45) is 1.51. The molecule has 8 heteroatoms. The minimum atomic E-state index is -0.229. The Bertz CT molecular complexity index is 996. The third-order valence-corrected chi connectivity index (χ3v) is 5.37. The average Bonchev–Trinajstić information content (AvgIpc) is 3.08. The first-order valence-corrected chi connectivity index (χ1v) is 10.1. The van der Waals surface area contributed by atoms with Gasteiger partial charge < -0.3 is 15.0 Å². The first-order valence-electron chi connectivity index (χ1n) is 9.68. The van der Waals surface area contributed by atoms with E-state index in [0.29, 0.717) is 33.9 Å². The zero-order valence-electron chi connectivity index (χ0n) is 17.2. The van der Waals surface area contributed by atoms with Crippen molar-refractivity contribution >= 4 is 28.5 Å². The van der Waals surface area contributed by atoms with Gasteiger partial charge in [0.15, 0.2) is 5.65 Å². The van der Waals surface area contributed by atoms with Crippen molar-refractivity contribution in [1.29, 1.82) is 0 Å². The van der Waals surface area contributed by atoms with Crippen LogP contribution in [0.15, 0.2) is 30.5 Å². The van der Waals surface area contributed by atoms with Crippen molar-refractivity contribution in [3.8, 4) is 11.4 Å². The SMILES string of the molecule is CCN(CC)CCNC(=O)c1cnc2c(c(C)nn2-c2ccc(OC)cc2)c1Cl. The van der Waals surface area contributed by atoms with Gasteiger partial charge in [0, 0.05) is 19.3 Å². The van der Waals surface area contributed by atoms with Crippen LogP contribution in [-0.4, -0.2) is 58.9 Å². The summed E-state index contributed by atoms with van der Waals surface area (Å²) in [5.74, 6) is 0.532. The van der Waals surface area contributed by atoms with Crippen LogP contribution >= 0.6 is 11.6 Å². The van der Waals surface area contributed by atoms with Crippen LogP contribution < -0.4 is 10.1 Å². The molecule has 0 aliphatic carbocycles. The molecule has 0 spiro atoms. The molecule has 3 aromatic rings. The van der Waals surface area contributed by atoms with Crippen molar-refractivity contribution < 1.29 is 9.53 Å². The van der Waals surface area contributed by atoms with Gasteiger partial charge in [-0.2, -0.15) is 5.10 Å². The van der Waals surface area contributed by atoms with E-state index in [9.17, 15) is 4.79 Å². The second-order valence-corrected chi connectivity index (χ2v) is 7.04. The summed E-state index contributed by atoms with van der Waals surface area (Å²) in [6, 6.07) is 7.51. The third kappa shape index (κ3) is 4.36. The minimum absolute atomic E-state index is 0.229. The van der Waals surface area contributed by atoms with Gasteiger partial charge in [0.2, 0.25) is 0 Å². The summed E-state index contributed by atoms with van der Waals surface area (Å²) < 4.78 is 6.93. The van der Waals surface area contributed by atoms with Gasteiger partial charge in [0.05, 0.1) is 34.5 Å². The number of nitrogens with zero attached hydrogens (tertiary/aromatic N) is 4. The normalized spacial score (nSPS) is 11.2. The molecule has 1 aromatic carbocycles. The Morgan fingerprint density at radius 1 is 1.24 bits per heavy atom. The number of halogens is 1. The number of hydrogen-bond donors (Lipinski definition) is 1. The number of aryl methyl sites for hydroxylation is 1. The molecular formula is C21H26ClN5O2. The average molecular weight is 416 g/mol. The maximum atomic E-state index is 12.6. The van der Waals surface area contributed by atoms with Crippen molar-refractivity contribution in [2.24, 2.45) is 0 Å². The number of likely N-dealkylation sites (N-methyl/N-ethyl adjacent to an activating group) is 1. The molecule has 0 fully saturated rings. The predicted octanol–water partition coefficient (Wildman–Crippen LogP) is 3.46. The largest absolute Gasteiger partial charge is 0.497 e. The third-order valence-electron chi connectivity index (χ3n) is 4.98. The van der Waals surface area contributed by atoms with Gasteiger partial charge in [-0.1, -0.05) is 25.4 Å². The van der Waals surface area contributed by atoms with Gasteiger partial charge in [-0.3, -0.25) is 4.79 Å². The topological polar surface area (TPSA) is 72.3 Å². The Morgan fingerprint density at radius 3 is 2.55 bits per heavy atom. The minimum Gasteiger partial charge on any atom is -0.497 e. The summed E-state index contributed by atoms with van der Waals surface area (Å²) in [6.45, 7) is 9.30. The monoisotopic (exact) mass is 415 g/mol. The van der Waals surface area contributed by atoms with E-state index in [2.05, 4.69) is 34.1 Å². The molecule has 0 atom stereocenters. The van der Waals surface area contributed by atoms with Gasteiger partial charge in [-0.15, -0.1) is 0 Å². The molecule has 1 N–H and O–H groups in total. The molecule has 3 rings (SSSR count). The molecule has 2 heterocycles. The highest BCUT2D eigenvalue weighted by Crippen LogP contribution is 2.30. The fourth-order valence-electron chi connectivity index (χ4n) is 3.23. The summed E-state index contributed by atoms with van der Waals surface area (Å²) in [5.41, 5.74) is 2.52. The molecule has 29 heavy (non-hydrogen) atoms. The standard InChI is InChI=1S/C21H26ClN5O2/c1-5-26(6-2)12-11-23-21(28)17-13-24-20-18(19(17)22)14(3)25-27(20)15-7-9-16(29-4)10-8-15/h7-10,13H,5-6,11-12H2,1-4H3,(H,23,28). The number of pyridine rings is 1. The Kier molecular flexibility index (Phi) is 6.71. The number of methoxy groups -OCH3 is 1. The zero-order valence-corrected chi connectivity index (χ0v) is 18.0. The highest BCUT2D eigenvalue weighted by molar-refractivity contribution is 6.38. The lowest BCUT2D eigenvalue weighted by Crippen LogP contribution is -2.34. The molecule has 2 aromatic heterocycles. The first-order chi connectivity index (χ1) is 14.0. The van der Waals surface area contributed by atoms with Crippen molar-refractivity contribution in [3.63, 3.8) is 0 Å². The van der Waals surface area contributed by atoms with Crippen LogP contribution in [0.4, 0.5) is 0 Å². The van der Waals surface area contributed by atoms with Crippen LogP contribution in [-0.2, 0) is 0 Å². The summed E-state index contributed by atoms with van der Waals surface area (Å²) in [4.78, 5) is 19.4. The number of fused-ring (bicyclic) bond motifs is 1.